The second-order valence-electron chi connectivity index (χ2n) is 7.01. The SMILES string of the molecule is CCC1CCCCN1C(=O)COC(=O)[C@H](C)N=C1NS(=O)(=O)c2ccccc21. The molecular formula is C19H25N3O5S. The number of benzene rings is 1. The predicted octanol–water partition coefficient (Wildman–Crippen LogP) is 1.45. The van der Waals surface area contributed by atoms with E-state index in [1.807, 2.05) is 6.92 Å². The number of fused-ring (bicyclic) bond motifs is 1. The molecule has 2 aliphatic heterocycles. The van der Waals surface area contributed by atoms with Crippen LogP contribution in [0.25, 0.3) is 0 Å². The molecule has 1 aromatic rings. The van der Waals surface area contributed by atoms with Crippen molar-refractivity contribution in [2.45, 2.75) is 56.5 Å². The van der Waals surface area contributed by atoms with Crippen LogP contribution in [0.2, 0.25) is 0 Å². The van der Waals surface area contributed by atoms with E-state index in [9.17, 15) is 18.0 Å². The molecule has 1 amide bonds. The van der Waals surface area contributed by atoms with E-state index in [0.29, 0.717) is 12.1 Å². The summed E-state index contributed by atoms with van der Waals surface area (Å²) in [5.74, 6) is -0.769. The van der Waals surface area contributed by atoms with Gasteiger partial charge in [0.15, 0.2) is 6.61 Å². The van der Waals surface area contributed by atoms with Crippen LogP contribution in [-0.4, -0.2) is 56.3 Å². The zero-order valence-corrected chi connectivity index (χ0v) is 16.9. The smallest absolute Gasteiger partial charge is 0.331 e. The molecule has 0 spiro atoms. The summed E-state index contributed by atoms with van der Waals surface area (Å²) in [5.41, 5.74) is 0.414. The van der Waals surface area contributed by atoms with Crippen LogP contribution in [0.4, 0.5) is 0 Å². The van der Waals surface area contributed by atoms with E-state index in [2.05, 4.69) is 9.71 Å². The van der Waals surface area contributed by atoms with E-state index in [1.165, 1.54) is 13.0 Å². The maximum atomic E-state index is 12.4. The number of carbonyl (C=O) groups excluding carboxylic acids is 2. The number of nitrogens with one attached hydrogen (secondary N) is 1. The molecule has 1 saturated heterocycles. The monoisotopic (exact) mass is 407 g/mol. The number of aliphatic imine (C=N–C) groups is 1. The number of sulfonamides is 1. The molecule has 0 saturated carbocycles. The Bertz CT molecular complexity index is 897. The number of nitrogens with zero attached hydrogens (tertiary/aromatic N) is 2. The van der Waals surface area contributed by atoms with Crippen molar-refractivity contribution in [2.24, 2.45) is 4.99 Å². The molecule has 2 aliphatic rings. The van der Waals surface area contributed by atoms with Crippen LogP contribution in [0.1, 0.15) is 45.1 Å². The van der Waals surface area contributed by atoms with Crippen molar-refractivity contribution in [2.75, 3.05) is 13.2 Å². The lowest BCUT2D eigenvalue weighted by atomic mass is 10.00. The Morgan fingerprint density at radius 2 is 2.07 bits per heavy atom. The molecule has 0 aromatic heterocycles. The lowest BCUT2D eigenvalue weighted by Crippen LogP contribution is -2.45. The third-order valence-corrected chi connectivity index (χ3v) is 6.48. The first-order valence-corrected chi connectivity index (χ1v) is 11.0. The fourth-order valence-corrected chi connectivity index (χ4v) is 4.80. The number of hydrogen-bond donors (Lipinski definition) is 1. The number of piperidine rings is 1. The normalized spacial score (nSPS) is 23.0. The summed E-state index contributed by atoms with van der Waals surface area (Å²) in [6, 6.07) is 5.66. The molecule has 1 unspecified atom stereocenters. The minimum Gasteiger partial charge on any atom is -0.454 e. The zero-order chi connectivity index (χ0) is 20.3. The molecular weight excluding hydrogens is 382 g/mol. The molecule has 0 bridgehead atoms. The van der Waals surface area contributed by atoms with Gasteiger partial charge in [-0.1, -0.05) is 19.1 Å². The molecule has 28 heavy (non-hydrogen) atoms. The van der Waals surface area contributed by atoms with Gasteiger partial charge in [0, 0.05) is 18.2 Å². The van der Waals surface area contributed by atoms with Crippen molar-refractivity contribution >= 4 is 27.7 Å². The van der Waals surface area contributed by atoms with Crippen LogP contribution in [0, 0.1) is 0 Å². The molecule has 1 aromatic carbocycles. The van der Waals surface area contributed by atoms with E-state index >= 15 is 0 Å². The topological polar surface area (TPSA) is 105 Å². The van der Waals surface area contributed by atoms with Gasteiger partial charge in [-0.3, -0.25) is 14.5 Å². The van der Waals surface area contributed by atoms with Crippen LogP contribution in [0.5, 0.6) is 0 Å². The summed E-state index contributed by atoms with van der Waals surface area (Å²) in [5, 5.41) is 0. The molecule has 3 rings (SSSR count). The van der Waals surface area contributed by atoms with Crippen molar-refractivity contribution < 1.29 is 22.7 Å². The Labute approximate surface area is 165 Å². The Kier molecular flexibility index (Phi) is 6.02. The van der Waals surface area contributed by atoms with Crippen molar-refractivity contribution in [1.82, 2.24) is 9.62 Å². The first-order chi connectivity index (χ1) is 13.3. The third kappa shape index (κ3) is 4.19. The van der Waals surface area contributed by atoms with Gasteiger partial charge < -0.3 is 9.64 Å². The standard InChI is InChI=1S/C19H25N3O5S/c1-3-14-8-6-7-11-22(14)17(23)12-27-19(24)13(2)20-18-15-9-4-5-10-16(15)28(25,26)21-18/h4-5,9-10,13-14H,3,6-8,11-12H2,1-2H3,(H,20,21)/t13-,14?/m0/s1. The van der Waals surface area contributed by atoms with Gasteiger partial charge in [-0.2, -0.15) is 0 Å². The number of likely N-dealkylation sites (tertiary alicyclic amines) is 1. The minimum absolute atomic E-state index is 0.105. The Morgan fingerprint density at radius 1 is 1.32 bits per heavy atom. The van der Waals surface area contributed by atoms with Crippen molar-refractivity contribution in [3.8, 4) is 0 Å². The molecule has 0 radical (unpaired) electrons. The van der Waals surface area contributed by atoms with Gasteiger partial charge in [0.25, 0.3) is 15.9 Å². The highest BCUT2D eigenvalue weighted by Gasteiger charge is 2.32. The Morgan fingerprint density at radius 3 is 2.82 bits per heavy atom. The van der Waals surface area contributed by atoms with Gasteiger partial charge in [-0.15, -0.1) is 0 Å². The molecule has 152 valence electrons. The first kappa shape index (κ1) is 20.3. The average Bonchev–Trinajstić information content (AvgIpc) is 2.96. The van der Waals surface area contributed by atoms with Crippen LogP contribution in [0.3, 0.4) is 0 Å². The zero-order valence-electron chi connectivity index (χ0n) is 16.1. The molecule has 2 atom stereocenters. The minimum atomic E-state index is -3.67. The first-order valence-electron chi connectivity index (χ1n) is 9.49. The maximum Gasteiger partial charge on any atom is 0.331 e. The number of amidine groups is 1. The fraction of sp³-hybridized carbons (Fsp3) is 0.526. The molecule has 1 fully saturated rings. The van der Waals surface area contributed by atoms with Gasteiger partial charge in [0.05, 0.1) is 4.90 Å². The van der Waals surface area contributed by atoms with E-state index in [0.717, 1.165) is 25.7 Å². The largest absolute Gasteiger partial charge is 0.454 e. The molecule has 9 heteroatoms. The highest BCUT2D eigenvalue weighted by molar-refractivity contribution is 7.90. The highest BCUT2D eigenvalue weighted by Crippen LogP contribution is 2.23. The Balaban J connectivity index is 1.63. The summed E-state index contributed by atoms with van der Waals surface area (Å²) in [6.45, 7) is 3.91. The van der Waals surface area contributed by atoms with Gasteiger partial charge in [-0.05, 0) is 44.7 Å². The number of amides is 1. The second kappa shape index (κ2) is 8.30. The van der Waals surface area contributed by atoms with Crippen molar-refractivity contribution in [3.05, 3.63) is 29.8 Å². The van der Waals surface area contributed by atoms with Gasteiger partial charge in [0.1, 0.15) is 11.9 Å². The maximum absolute atomic E-state index is 12.4. The van der Waals surface area contributed by atoms with Gasteiger partial charge >= 0.3 is 5.97 Å². The summed E-state index contributed by atoms with van der Waals surface area (Å²) in [4.78, 5) is 30.7. The van der Waals surface area contributed by atoms with E-state index in [1.54, 1.807) is 23.1 Å². The Hall–Kier alpha value is -2.42. The second-order valence-corrected chi connectivity index (χ2v) is 8.66. The number of esters is 1. The number of ether oxygens (including phenoxy) is 1. The van der Waals surface area contributed by atoms with E-state index in [-0.39, 0.29) is 29.3 Å². The lowest BCUT2D eigenvalue weighted by molar-refractivity contribution is -0.154. The van der Waals surface area contributed by atoms with Crippen molar-refractivity contribution in [3.63, 3.8) is 0 Å². The fourth-order valence-electron chi connectivity index (χ4n) is 3.57. The lowest BCUT2D eigenvalue weighted by Gasteiger charge is -2.35. The number of hydrogen-bond acceptors (Lipinski definition) is 6. The van der Waals surface area contributed by atoms with Crippen LogP contribution in [0.15, 0.2) is 34.2 Å². The summed E-state index contributed by atoms with van der Waals surface area (Å²) < 4.78 is 31.7. The van der Waals surface area contributed by atoms with Gasteiger partial charge in [0.2, 0.25) is 0 Å². The van der Waals surface area contributed by atoms with E-state index in [4.69, 9.17) is 4.74 Å². The highest BCUT2D eigenvalue weighted by atomic mass is 32.2. The van der Waals surface area contributed by atoms with Crippen LogP contribution in [-0.2, 0) is 24.3 Å². The van der Waals surface area contributed by atoms with E-state index < -0.39 is 22.0 Å². The molecule has 8 nitrogen and oxygen atoms in total. The molecule has 2 heterocycles. The third-order valence-electron chi connectivity index (χ3n) is 5.08. The van der Waals surface area contributed by atoms with Gasteiger partial charge in [-0.25, -0.2) is 13.2 Å². The predicted molar refractivity (Wildman–Crippen MR) is 103 cm³/mol. The summed E-state index contributed by atoms with van der Waals surface area (Å²) >= 11 is 0. The van der Waals surface area contributed by atoms with Crippen LogP contribution >= 0.6 is 0 Å². The quantitative estimate of drug-likeness (QED) is 0.744. The van der Waals surface area contributed by atoms with Crippen LogP contribution < -0.4 is 4.72 Å². The molecule has 0 aliphatic carbocycles. The summed E-state index contributed by atoms with van der Waals surface area (Å²) in [6.07, 6.45) is 3.91. The molecule has 1 N–H and O–H groups in total. The number of carbonyl (C=O) groups is 2. The van der Waals surface area contributed by atoms with Crippen molar-refractivity contribution in [1.29, 1.82) is 0 Å². The number of rotatable bonds is 5. The average molecular weight is 407 g/mol. The summed E-state index contributed by atoms with van der Waals surface area (Å²) in [7, 11) is -3.67.